The average Bonchev–Trinajstić information content (AvgIpc) is 2.74. The first-order valence-corrected chi connectivity index (χ1v) is 5.51. The fourth-order valence-electron chi connectivity index (χ4n) is 1.51. The average molecular weight is 211 g/mol. The molecule has 0 aliphatic carbocycles. The molecule has 4 heteroatoms. The summed E-state index contributed by atoms with van der Waals surface area (Å²) in [7, 11) is 0. The van der Waals surface area contributed by atoms with Crippen LogP contribution in [-0.2, 0) is 4.74 Å². The molecule has 0 spiro atoms. The molecule has 2 rings (SSSR count). The van der Waals surface area contributed by atoms with E-state index in [1.165, 1.54) is 11.3 Å². The Morgan fingerprint density at radius 1 is 1.71 bits per heavy atom. The third-order valence-corrected chi connectivity index (χ3v) is 3.25. The Balaban J connectivity index is 2.01. The van der Waals surface area contributed by atoms with Gasteiger partial charge in [-0.2, -0.15) is 0 Å². The van der Waals surface area contributed by atoms with E-state index in [0.717, 1.165) is 17.9 Å². The Bertz CT molecular complexity index is 315. The molecule has 1 aromatic rings. The summed E-state index contributed by atoms with van der Waals surface area (Å²) in [6, 6.07) is 3.71. The molecule has 1 atom stereocenters. The van der Waals surface area contributed by atoms with Gasteiger partial charge >= 0.3 is 0 Å². The van der Waals surface area contributed by atoms with E-state index < -0.39 is 0 Å². The molecule has 0 bridgehead atoms. The highest BCUT2D eigenvalue weighted by atomic mass is 32.1. The van der Waals surface area contributed by atoms with Crippen molar-refractivity contribution in [1.82, 2.24) is 5.32 Å². The van der Waals surface area contributed by atoms with Gasteiger partial charge in [-0.25, -0.2) is 0 Å². The van der Waals surface area contributed by atoms with E-state index in [9.17, 15) is 4.79 Å². The van der Waals surface area contributed by atoms with Gasteiger partial charge < -0.3 is 10.1 Å². The van der Waals surface area contributed by atoms with Gasteiger partial charge in [-0.15, -0.1) is 11.3 Å². The van der Waals surface area contributed by atoms with Crippen LogP contribution in [-0.4, -0.2) is 24.7 Å². The summed E-state index contributed by atoms with van der Waals surface area (Å²) >= 11 is 1.46. The number of ether oxygens (including phenoxy) is 1. The molecule has 14 heavy (non-hydrogen) atoms. The van der Waals surface area contributed by atoms with E-state index in [0.29, 0.717) is 6.61 Å². The number of hydrogen-bond donors (Lipinski definition) is 1. The maximum atomic E-state index is 11.7. The molecule has 1 aliphatic heterocycles. The second-order valence-corrected chi connectivity index (χ2v) is 4.74. The van der Waals surface area contributed by atoms with Crippen LogP contribution in [0.1, 0.15) is 23.0 Å². The summed E-state index contributed by atoms with van der Waals surface area (Å²) in [6.45, 7) is 3.37. The van der Waals surface area contributed by atoms with Gasteiger partial charge in [-0.05, 0) is 24.8 Å². The molecule has 0 radical (unpaired) electrons. The Morgan fingerprint density at radius 2 is 2.57 bits per heavy atom. The number of amides is 1. The fourth-order valence-corrected chi connectivity index (χ4v) is 2.13. The first-order chi connectivity index (χ1) is 6.70. The van der Waals surface area contributed by atoms with Crippen molar-refractivity contribution in [2.75, 3.05) is 13.2 Å². The highest BCUT2D eigenvalue weighted by Gasteiger charge is 2.31. The molecular formula is C10H13NO2S. The molecule has 0 aromatic carbocycles. The van der Waals surface area contributed by atoms with Crippen LogP contribution in [0.2, 0.25) is 0 Å². The van der Waals surface area contributed by atoms with E-state index in [4.69, 9.17) is 4.74 Å². The highest BCUT2D eigenvalue weighted by Crippen LogP contribution is 2.19. The predicted octanol–water partition coefficient (Wildman–Crippen LogP) is 1.66. The molecule has 1 saturated heterocycles. The summed E-state index contributed by atoms with van der Waals surface area (Å²) in [6.07, 6.45) is 0.893. The number of thiophene rings is 1. The van der Waals surface area contributed by atoms with Crippen molar-refractivity contribution in [3.05, 3.63) is 22.4 Å². The SMILES string of the molecule is CC1(NC(=O)c2cccs2)CCOC1. The molecule has 0 saturated carbocycles. The van der Waals surface area contributed by atoms with E-state index in [-0.39, 0.29) is 11.4 Å². The van der Waals surface area contributed by atoms with Gasteiger partial charge in [0.25, 0.3) is 5.91 Å². The minimum Gasteiger partial charge on any atom is -0.379 e. The Hall–Kier alpha value is -0.870. The van der Waals surface area contributed by atoms with Gasteiger partial charge in [-0.1, -0.05) is 6.07 Å². The number of carbonyl (C=O) groups is 1. The molecule has 2 heterocycles. The lowest BCUT2D eigenvalue weighted by Crippen LogP contribution is -2.46. The van der Waals surface area contributed by atoms with Crippen LogP contribution in [0.25, 0.3) is 0 Å². The molecule has 1 aliphatic rings. The minimum absolute atomic E-state index is 0.00741. The number of hydrogen-bond acceptors (Lipinski definition) is 3. The largest absolute Gasteiger partial charge is 0.379 e. The number of carbonyl (C=O) groups excluding carboxylic acids is 1. The van der Waals surface area contributed by atoms with E-state index >= 15 is 0 Å². The zero-order valence-corrected chi connectivity index (χ0v) is 8.89. The molecule has 1 unspecified atom stereocenters. The molecule has 1 aromatic heterocycles. The van der Waals surface area contributed by atoms with Crippen molar-refractivity contribution >= 4 is 17.2 Å². The third kappa shape index (κ3) is 1.96. The summed E-state index contributed by atoms with van der Waals surface area (Å²) < 4.78 is 5.27. The number of nitrogens with one attached hydrogen (secondary N) is 1. The molecule has 1 fully saturated rings. The minimum atomic E-state index is -0.179. The summed E-state index contributed by atoms with van der Waals surface area (Å²) in [5.41, 5.74) is -0.179. The van der Waals surface area contributed by atoms with E-state index in [1.54, 1.807) is 0 Å². The summed E-state index contributed by atoms with van der Waals surface area (Å²) in [5, 5.41) is 4.91. The van der Waals surface area contributed by atoms with Crippen molar-refractivity contribution in [3.63, 3.8) is 0 Å². The molecule has 1 N–H and O–H groups in total. The zero-order valence-electron chi connectivity index (χ0n) is 8.08. The lowest BCUT2D eigenvalue weighted by molar-refractivity contribution is 0.0894. The van der Waals surface area contributed by atoms with Gasteiger partial charge in [-0.3, -0.25) is 4.79 Å². The second-order valence-electron chi connectivity index (χ2n) is 3.79. The van der Waals surface area contributed by atoms with E-state index in [2.05, 4.69) is 5.32 Å². The van der Waals surface area contributed by atoms with E-state index in [1.807, 2.05) is 24.4 Å². The van der Waals surface area contributed by atoms with Gasteiger partial charge in [0.2, 0.25) is 0 Å². The summed E-state index contributed by atoms with van der Waals surface area (Å²) in [4.78, 5) is 12.5. The monoisotopic (exact) mass is 211 g/mol. The highest BCUT2D eigenvalue weighted by molar-refractivity contribution is 7.12. The van der Waals surface area contributed by atoms with Crippen molar-refractivity contribution in [1.29, 1.82) is 0 Å². The molecule has 76 valence electrons. The Labute approximate surface area is 87.1 Å². The van der Waals surface area contributed by atoms with Gasteiger partial charge in [0.1, 0.15) is 0 Å². The smallest absolute Gasteiger partial charge is 0.261 e. The topological polar surface area (TPSA) is 38.3 Å². The fraction of sp³-hybridized carbons (Fsp3) is 0.500. The third-order valence-electron chi connectivity index (χ3n) is 2.38. The Morgan fingerprint density at radius 3 is 3.14 bits per heavy atom. The molecule has 1 amide bonds. The standard InChI is InChI=1S/C10H13NO2S/c1-10(4-5-13-7-10)11-9(12)8-3-2-6-14-8/h2-3,6H,4-5,7H2,1H3,(H,11,12). The van der Waals surface area contributed by atoms with Gasteiger partial charge in [0, 0.05) is 6.61 Å². The Kier molecular flexibility index (Phi) is 2.56. The zero-order chi connectivity index (χ0) is 10.0. The quantitative estimate of drug-likeness (QED) is 0.808. The van der Waals surface area contributed by atoms with Crippen LogP contribution in [0.15, 0.2) is 17.5 Å². The summed E-state index contributed by atoms with van der Waals surface area (Å²) in [5.74, 6) is 0.00741. The lowest BCUT2D eigenvalue weighted by atomic mass is 10.0. The normalized spacial score (nSPS) is 26.4. The van der Waals surface area contributed by atoms with Crippen LogP contribution in [0.3, 0.4) is 0 Å². The second kappa shape index (κ2) is 3.71. The van der Waals surface area contributed by atoms with Crippen molar-refractivity contribution in [2.45, 2.75) is 18.9 Å². The van der Waals surface area contributed by atoms with Crippen molar-refractivity contribution in [3.8, 4) is 0 Å². The lowest BCUT2D eigenvalue weighted by Gasteiger charge is -2.22. The van der Waals surface area contributed by atoms with Crippen LogP contribution in [0.5, 0.6) is 0 Å². The van der Waals surface area contributed by atoms with Gasteiger partial charge in [0.05, 0.1) is 17.0 Å². The maximum Gasteiger partial charge on any atom is 0.261 e. The van der Waals surface area contributed by atoms with Crippen molar-refractivity contribution in [2.24, 2.45) is 0 Å². The first-order valence-electron chi connectivity index (χ1n) is 4.63. The van der Waals surface area contributed by atoms with Gasteiger partial charge in [0.15, 0.2) is 0 Å². The first kappa shape index (κ1) is 9.68. The van der Waals surface area contributed by atoms with Crippen LogP contribution in [0.4, 0.5) is 0 Å². The van der Waals surface area contributed by atoms with Crippen LogP contribution < -0.4 is 5.32 Å². The predicted molar refractivity (Wildman–Crippen MR) is 55.6 cm³/mol. The molecule has 3 nitrogen and oxygen atoms in total. The van der Waals surface area contributed by atoms with Crippen LogP contribution in [0, 0.1) is 0 Å². The van der Waals surface area contributed by atoms with Crippen LogP contribution >= 0.6 is 11.3 Å². The molecular weight excluding hydrogens is 198 g/mol. The maximum absolute atomic E-state index is 11.7. The van der Waals surface area contributed by atoms with Crippen molar-refractivity contribution < 1.29 is 9.53 Å². The number of rotatable bonds is 2.